The number of aliphatic carboxylic acids is 1. The zero-order chi connectivity index (χ0) is 16.2. The van der Waals surface area contributed by atoms with Crippen molar-refractivity contribution < 1.29 is 14.6 Å². The van der Waals surface area contributed by atoms with Crippen LogP contribution in [0.1, 0.15) is 18.4 Å². The summed E-state index contributed by atoms with van der Waals surface area (Å²) in [6.45, 7) is 1.64. The third-order valence-corrected chi connectivity index (χ3v) is 3.63. The van der Waals surface area contributed by atoms with Gasteiger partial charge >= 0.3 is 5.97 Å². The average Bonchev–Trinajstić information content (AvgIpc) is 3.05. The number of carboxylic acids is 1. The van der Waals surface area contributed by atoms with E-state index >= 15 is 0 Å². The van der Waals surface area contributed by atoms with Crippen LogP contribution in [-0.2, 0) is 4.79 Å². The Morgan fingerprint density at radius 3 is 2.39 bits per heavy atom. The van der Waals surface area contributed by atoms with Crippen molar-refractivity contribution >= 4 is 5.97 Å². The zero-order valence-electron chi connectivity index (χ0n) is 12.6. The van der Waals surface area contributed by atoms with Gasteiger partial charge in [-0.05, 0) is 43.3 Å². The number of ether oxygens (including phenoxy) is 1. The summed E-state index contributed by atoms with van der Waals surface area (Å²) in [5, 5.41) is 16.0. The van der Waals surface area contributed by atoms with E-state index in [0.29, 0.717) is 17.0 Å². The Morgan fingerprint density at radius 2 is 1.74 bits per heavy atom. The first kappa shape index (κ1) is 14.8. The Morgan fingerprint density at radius 1 is 1.09 bits per heavy atom. The highest BCUT2D eigenvalue weighted by molar-refractivity contribution is 5.79. The summed E-state index contributed by atoms with van der Waals surface area (Å²) < 4.78 is 5.75. The van der Waals surface area contributed by atoms with Gasteiger partial charge in [0.15, 0.2) is 0 Å². The molecule has 5 nitrogen and oxygen atoms in total. The van der Waals surface area contributed by atoms with Gasteiger partial charge in [-0.3, -0.25) is 9.89 Å². The van der Waals surface area contributed by atoms with Crippen molar-refractivity contribution in [2.75, 3.05) is 0 Å². The molecule has 0 aliphatic rings. The third-order valence-electron chi connectivity index (χ3n) is 3.63. The molecule has 1 aromatic heterocycles. The lowest BCUT2D eigenvalue weighted by atomic mass is 9.98. The maximum absolute atomic E-state index is 11.2. The molecule has 1 heterocycles. The molecule has 0 amide bonds. The van der Waals surface area contributed by atoms with E-state index in [2.05, 4.69) is 10.2 Å². The monoisotopic (exact) mass is 308 g/mol. The van der Waals surface area contributed by atoms with Gasteiger partial charge < -0.3 is 9.84 Å². The maximum Gasteiger partial charge on any atom is 0.310 e. The number of rotatable bonds is 5. The Bertz CT molecular complexity index is 795. The number of benzene rings is 2. The summed E-state index contributed by atoms with van der Waals surface area (Å²) >= 11 is 0. The highest BCUT2D eigenvalue weighted by Gasteiger charge is 2.20. The fraction of sp³-hybridized carbons (Fsp3) is 0.111. The number of hydrogen-bond donors (Lipinski definition) is 2. The molecular weight excluding hydrogens is 292 g/mol. The fourth-order valence-electron chi connectivity index (χ4n) is 2.30. The Labute approximate surface area is 133 Å². The number of aromatic amines is 1. The van der Waals surface area contributed by atoms with Crippen molar-refractivity contribution in [2.45, 2.75) is 12.8 Å². The second kappa shape index (κ2) is 6.36. The first-order valence-electron chi connectivity index (χ1n) is 7.24. The number of hydrogen-bond acceptors (Lipinski definition) is 3. The number of H-pyrrole nitrogens is 1. The first-order chi connectivity index (χ1) is 11.1. The minimum absolute atomic E-state index is 0.621. The maximum atomic E-state index is 11.2. The van der Waals surface area contributed by atoms with Crippen LogP contribution in [0.4, 0.5) is 0 Å². The van der Waals surface area contributed by atoms with E-state index in [-0.39, 0.29) is 0 Å². The lowest BCUT2D eigenvalue weighted by Crippen LogP contribution is -2.07. The summed E-state index contributed by atoms with van der Waals surface area (Å²) in [5.74, 6) is -0.0186. The van der Waals surface area contributed by atoms with Crippen LogP contribution in [0.15, 0.2) is 60.8 Å². The summed E-state index contributed by atoms with van der Waals surface area (Å²) in [6, 6.07) is 17.0. The van der Waals surface area contributed by atoms with Crippen molar-refractivity contribution in [2.24, 2.45) is 0 Å². The van der Waals surface area contributed by atoms with Crippen LogP contribution in [0.2, 0.25) is 0 Å². The molecule has 2 aromatic carbocycles. The van der Waals surface area contributed by atoms with E-state index < -0.39 is 11.9 Å². The van der Waals surface area contributed by atoms with Crippen LogP contribution in [0, 0.1) is 0 Å². The molecule has 3 aromatic rings. The topological polar surface area (TPSA) is 75.2 Å². The first-order valence-corrected chi connectivity index (χ1v) is 7.24. The van der Waals surface area contributed by atoms with Crippen molar-refractivity contribution in [1.82, 2.24) is 10.2 Å². The molecule has 1 unspecified atom stereocenters. The van der Waals surface area contributed by atoms with Gasteiger partial charge in [0, 0.05) is 11.1 Å². The molecule has 0 bridgehead atoms. The Balaban J connectivity index is 1.83. The average molecular weight is 308 g/mol. The fourth-order valence-corrected chi connectivity index (χ4v) is 2.30. The molecule has 0 radical (unpaired) electrons. The summed E-state index contributed by atoms with van der Waals surface area (Å²) in [5.41, 5.74) is 2.24. The molecule has 23 heavy (non-hydrogen) atoms. The molecule has 0 saturated heterocycles. The highest BCUT2D eigenvalue weighted by Crippen LogP contribution is 2.29. The van der Waals surface area contributed by atoms with Gasteiger partial charge in [-0.1, -0.05) is 18.2 Å². The molecule has 2 N–H and O–H groups in total. The summed E-state index contributed by atoms with van der Waals surface area (Å²) in [7, 11) is 0. The molecule has 1 atom stereocenters. The van der Waals surface area contributed by atoms with Gasteiger partial charge in [0.2, 0.25) is 0 Å². The van der Waals surface area contributed by atoms with Crippen LogP contribution in [-0.4, -0.2) is 21.3 Å². The Hall–Kier alpha value is -3.08. The molecular formula is C18H16N2O3. The molecule has 0 saturated carbocycles. The van der Waals surface area contributed by atoms with Crippen molar-refractivity contribution in [3.8, 4) is 22.8 Å². The number of nitrogens with one attached hydrogen (secondary N) is 1. The largest absolute Gasteiger partial charge is 0.481 e. The van der Waals surface area contributed by atoms with Crippen LogP contribution < -0.4 is 4.74 Å². The Kier molecular flexibility index (Phi) is 4.10. The van der Waals surface area contributed by atoms with E-state index in [1.54, 1.807) is 13.1 Å². The van der Waals surface area contributed by atoms with Gasteiger partial charge in [-0.2, -0.15) is 5.10 Å². The van der Waals surface area contributed by atoms with E-state index in [4.69, 9.17) is 4.74 Å². The van der Waals surface area contributed by atoms with E-state index in [1.165, 1.54) is 0 Å². The third kappa shape index (κ3) is 3.23. The standard InChI is InChI=1S/C18H16N2O3/c1-12(18(21)22)16-11-19-20-17(16)13-7-9-15(10-8-13)23-14-5-3-2-4-6-14/h2-12H,1H3,(H,19,20)(H,21,22). The number of para-hydroxylation sites is 1. The number of carbonyl (C=O) groups is 1. The number of carboxylic acid groups (broad SMARTS) is 1. The van der Waals surface area contributed by atoms with E-state index in [1.807, 2.05) is 54.6 Å². The van der Waals surface area contributed by atoms with Crippen LogP contribution in [0.3, 0.4) is 0 Å². The molecule has 0 aliphatic carbocycles. The SMILES string of the molecule is CC(C(=O)O)c1cn[nH]c1-c1ccc(Oc2ccccc2)cc1. The number of nitrogens with zero attached hydrogens (tertiary/aromatic N) is 1. The second-order valence-electron chi connectivity index (χ2n) is 5.20. The van der Waals surface area contributed by atoms with Crippen molar-refractivity contribution in [3.63, 3.8) is 0 Å². The van der Waals surface area contributed by atoms with Gasteiger partial charge in [-0.25, -0.2) is 0 Å². The van der Waals surface area contributed by atoms with Crippen molar-refractivity contribution in [3.05, 3.63) is 66.4 Å². The minimum atomic E-state index is -0.878. The normalized spacial score (nSPS) is 11.9. The molecule has 3 rings (SSSR count). The van der Waals surface area contributed by atoms with Crippen LogP contribution in [0.5, 0.6) is 11.5 Å². The van der Waals surface area contributed by atoms with Gasteiger partial charge in [-0.15, -0.1) is 0 Å². The quantitative estimate of drug-likeness (QED) is 0.745. The van der Waals surface area contributed by atoms with Crippen molar-refractivity contribution in [1.29, 1.82) is 0 Å². The minimum Gasteiger partial charge on any atom is -0.481 e. The second-order valence-corrected chi connectivity index (χ2v) is 5.20. The van der Waals surface area contributed by atoms with E-state index in [9.17, 15) is 9.90 Å². The van der Waals surface area contributed by atoms with Gasteiger partial charge in [0.25, 0.3) is 0 Å². The summed E-state index contributed by atoms with van der Waals surface area (Å²) in [4.78, 5) is 11.2. The molecule has 0 aliphatic heterocycles. The predicted octanol–water partition coefficient (Wildman–Crippen LogP) is 4.06. The molecule has 0 spiro atoms. The lowest BCUT2D eigenvalue weighted by Gasteiger charge is -2.09. The molecule has 5 heteroatoms. The predicted molar refractivity (Wildman–Crippen MR) is 86.6 cm³/mol. The highest BCUT2D eigenvalue weighted by atomic mass is 16.5. The molecule has 0 fully saturated rings. The number of aromatic nitrogens is 2. The van der Waals surface area contributed by atoms with E-state index in [0.717, 1.165) is 11.3 Å². The van der Waals surface area contributed by atoms with Crippen LogP contribution >= 0.6 is 0 Å². The summed E-state index contributed by atoms with van der Waals surface area (Å²) in [6.07, 6.45) is 1.56. The van der Waals surface area contributed by atoms with Gasteiger partial charge in [0.05, 0.1) is 17.8 Å². The van der Waals surface area contributed by atoms with Gasteiger partial charge in [0.1, 0.15) is 11.5 Å². The smallest absolute Gasteiger partial charge is 0.310 e. The zero-order valence-corrected chi connectivity index (χ0v) is 12.6. The molecule has 116 valence electrons. The van der Waals surface area contributed by atoms with Crippen LogP contribution in [0.25, 0.3) is 11.3 Å². The lowest BCUT2D eigenvalue weighted by molar-refractivity contribution is -0.138.